The molecule has 0 bridgehead atoms. The van der Waals surface area contributed by atoms with E-state index in [1.807, 2.05) is 33.8 Å². The Kier molecular flexibility index (Phi) is 3.26. The van der Waals surface area contributed by atoms with E-state index in [4.69, 9.17) is 11.6 Å². The minimum Gasteiger partial charge on any atom is -0.302 e. The average Bonchev–Trinajstić information content (AvgIpc) is 2.53. The van der Waals surface area contributed by atoms with Crippen LogP contribution >= 0.6 is 11.6 Å². The minimum atomic E-state index is -0.159. The maximum absolute atomic E-state index is 12.1. The lowest BCUT2D eigenvalue weighted by Crippen LogP contribution is -2.23. The van der Waals surface area contributed by atoms with Crippen molar-refractivity contribution in [3.8, 4) is 5.82 Å². The number of imidazole rings is 1. The standard InChI is InChI=1S/C13H17ClN4O/c1-8-7-17(5)12(19)18(8)10-6-9(13(2,3)4)11(14)16-15-10/h6-7H,1-5H3. The van der Waals surface area contributed by atoms with Crippen molar-refractivity contribution in [2.75, 3.05) is 0 Å². The van der Waals surface area contributed by atoms with Gasteiger partial charge in [0.05, 0.1) is 0 Å². The van der Waals surface area contributed by atoms with Crippen LogP contribution in [0.1, 0.15) is 32.0 Å². The fraction of sp³-hybridized carbons (Fsp3) is 0.462. The predicted octanol–water partition coefficient (Wildman–Crippen LogP) is 2.23. The lowest BCUT2D eigenvalue weighted by molar-refractivity contribution is 0.583. The van der Waals surface area contributed by atoms with Crippen molar-refractivity contribution < 1.29 is 0 Å². The molecule has 0 amide bonds. The first-order valence-corrected chi connectivity index (χ1v) is 6.38. The summed E-state index contributed by atoms with van der Waals surface area (Å²) in [6.45, 7) is 7.98. The Morgan fingerprint density at radius 2 is 1.89 bits per heavy atom. The SMILES string of the molecule is Cc1cn(C)c(=O)n1-c1cc(C(C)(C)C)c(Cl)nn1. The number of rotatable bonds is 1. The van der Waals surface area contributed by atoms with E-state index in [9.17, 15) is 4.79 Å². The molecular formula is C13H17ClN4O. The Labute approximate surface area is 116 Å². The molecule has 19 heavy (non-hydrogen) atoms. The molecule has 0 saturated carbocycles. The van der Waals surface area contributed by atoms with Crippen LogP contribution in [0.5, 0.6) is 0 Å². The van der Waals surface area contributed by atoms with Gasteiger partial charge in [-0.05, 0) is 18.4 Å². The van der Waals surface area contributed by atoms with E-state index in [0.29, 0.717) is 11.0 Å². The quantitative estimate of drug-likeness (QED) is 0.805. The third kappa shape index (κ3) is 2.42. The van der Waals surface area contributed by atoms with Gasteiger partial charge in [-0.15, -0.1) is 10.2 Å². The molecule has 0 aliphatic heterocycles. The van der Waals surface area contributed by atoms with Gasteiger partial charge in [-0.25, -0.2) is 9.36 Å². The van der Waals surface area contributed by atoms with Gasteiger partial charge in [-0.1, -0.05) is 32.4 Å². The largest absolute Gasteiger partial charge is 0.333 e. The van der Waals surface area contributed by atoms with Crippen molar-refractivity contribution >= 4 is 11.6 Å². The Balaban J connectivity index is 2.68. The van der Waals surface area contributed by atoms with E-state index >= 15 is 0 Å². The van der Waals surface area contributed by atoms with Crippen molar-refractivity contribution in [1.82, 2.24) is 19.3 Å². The van der Waals surface area contributed by atoms with Crippen molar-refractivity contribution in [3.63, 3.8) is 0 Å². The van der Waals surface area contributed by atoms with Gasteiger partial charge < -0.3 is 4.57 Å². The van der Waals surface area contributed by atoms with E-state index in [1.54, 1.807) is 13.2 Å². The van der Waals surface area contributed by atoms with E-state index in [0.717, 1.165) is 11.3 Å². The molecule has 102 valence electrons. The van der Waals surface area contributed by atoms with Crippen LogP contribution in [0, 0.1) is 6.92 Å². The third-order valence-electron chi connectivity index (χ3n) is 3.00. The zero-order valence-electron chi connectivity index (χ0n) is 11.7. The maximum atomic E-state index is 12.1. The molecule has 0 aromatic carbocycles. The molecule has 0 aliphatic rings. The van der Waals surface area contributed by atoms with Crippen LogP contribution in [0.4, 0.5) is 0 Å². The molecule has 2 aromatic heterocycles. The van der Waals surface area contributed by atoms with Crippen molar-refractivity contribution in [2.45, 2.75) is 33.1 Å². The van der Waals surface area contributed by atoms with Crippen molar-refractivity contribution in [2.24, 2.45) is 7.05 Å². The number of hydrogen-bond acceptors (Lipinski definition) is 3. The van der Waals surface area contributed by atoms with Gasteiger partial charge in [0.2, 0.25) is 0 Å². The van der Waals surface area contributed by atoms with E-state index in [-0.39, 0.29) is 11.1 Å². The van der Waals surface area contributed by atoms with Crippen LogP contribution in [0.2, 0.25) is 5.15 Å². The smallest absolute Gasteiger partial charge is 0.302 e. The highest BCUT2D eigenvalue weighted by Crippen LogP contribution is 2.28. The Morgan fingerprint density at radius 3 is 2.37 bits per heavy atom. The van der Waals surface area contributed by atoms with Crippen LogP contribution in [0.3, 0.4) is 0 Å². The zero-order valence-corrected chi connectivity index (χ0v) is 12.5. The van der Waals surface area contributed by atoms with E-state index in [2.05, 4.69) is 10.2 Å². The lowest BCUT2D eigenvalue weighted by atomic mass is 9.88. The summed E-state index contributed by atoms with van der Waals surface area (Å²) in [6, 6.07) is 1.82. The Hall–Kier alpha value is -1.62. The summed E-state index contributed by atoms with van der Waals surface area (Å²) in [5.74, 6) is 0.498. The summed E-state index contributed by atoms with van der Waals surface area (Å²) in [7, 11) is 1.71. The first-order chi connectivity index (χ1) is 8.71. The fourth-order valence-electron chi connectivity index (χ4n) is 1.98. The molecule has 6 heteroatoms. The normalized spacial score (nSPS) is 11.9. The highest BCUT2D eigenvalue weighted by atomic mass is 35.5. The molecule has 0 spiro atoms. The van der Waals surface area contributed by atoms with Crippen LogP contribution in [0.15, 0.2) is 17.1 Å². The summed E-state index contributed by atoms with van der Waals surface area (Å²) in [5.41, 5.74) is 1.38. The molecule has 2 rings (SSSR count). The highest BCUT2D eigenvalue weighted by Gasteiger charge is 2.21. The second kappa shape index (κ2) is 4.49. The summed E-state index contributed by atoms with van der Waals surface area (Å²) in [5, 5.41) is 8.36. The average molecular weight is 281 g/mol. The molecule has 0 unspecified atom stereocenters. The van der Waals surface area contributed by atoms with Crippen LogP contribution < -0.4 is 5.69 Å². The summed E-state index contributed by atoms with van der Waals surface area (Å²) in [4.78, 5) is 12.1. The van der Waals surface area contributed by atoms with Crippen LogP contribution in [-0.2, 0) is 12.5 Å². The maximum Gasteiger partial charge on any atom is 0.333 e. The van der Waals surface area contributed by atoms with Gasteiger partial charge >= 0.3 is 5.69 Å². The van der Waals surface area contributed by atoms with Gasteiger partial charge in [0, 0.05) is 24.5 Å². The molecule has 2 heterocycles. The molecule has 0 saturated heterocycles. The topological polar surface area (TPSA) is 52.7 Å². The lowest BCUT2D eigenvalue weighted by Gasteiger charge is -2.20. The fourth-order valence-corrected chi connectivity index (χ4v) is 2.36. The zero-order chi connectivity index (χ0) is 14.4. The molecule has 5 nitrogen and oxygen atoms in total. The summed E-state index contributed by atoms with van der Waals surface area (Å²) >= 11 is 6.09. The van der Waals surface area contributed by atoms with Gasteiger partial charge in [0.1, 0.15) is 0 Å². The molecule has 0 aliphatic carbocycles. The second-order valence-corrected chi connectivity index (χ2v) is 6.01. The monoisotopic (exact) mass is 280 g/mol. The number of nitrogens with zero attached hydrogens (tertiary/aromatic N) is 4. The van der Waals surface area contributed by atoms with Crippen molar-refractivity contribution in [1.29, 1.82) is 0 Å². The second-order valence-electron chi connectivity index (χ2n) is 5.66. The predicted molar refractivity (Wildman–Crippen MR) is 75.0 cm³/mol. The molecule has 0 atom stereocenters. The molecule has 0 fully saturated rings. The first kappa shape index (κ1) is 13.8. The van der Waals surface area contributed by atoms with Crippen LogP contribution in [0.25, 0.3) is 5.82 Å². The summed E-state index contributed by atoms with van der Waals surface area (Å²) in [6.07, 6.45) is 1.76. The first-order valence-electron chi connectivity index (χ1n) is 6.01. The highest BCUT2D eigenvalue weighted by molar-refractivity contribution is 6.30. The number of halogens is 1. The third-order valence-corrected chi connectivity index (χ3v) is 3.28. The van der Waals surface area contributed by atoms with Crippen LogP contribution in [-0.4, -0.2) is 19.3 Å². The number of hydrogen-bond donors (Lipinski definition) is 0. The molecular weight excluding hydrogens is 264 g/mol. The van der Waals surface area contributed by atoms with Gasteiger partial charge in [-0.2, -0.15) is 0 Å². The number of aryl methyl sites for hydroxylation is 2. The molecule has 0 radical (unpaired) electrons. The van der Waals surface area contributed by atoms with E-state index < -0.39 is 0 Å². The Morgan fingerprint density at radius 1 is 1.26 bits per heavy atom. The van der Waals surface area contributed by atoms with Crippen molar-refractivity contribution in [3.05, 3.63) is 39.2 Å². The van der Waals surface area contributed by atoms with E-state index in [1.165, 1.54) is 9.13 Å². The van der Waals surface area contributed by atoms with Gasteiger partial charge in [0.25, 0.3) is 0 Å². The molecule has 0 N–H and O–H groups in total. The Bertz CT molecular complexity index is 679. The van der Waals surface area contributed by atoms with Gasteiger partial charge in [-0.3, -0.25) is 0 Å². The molecule has 2 aromatic rings. The van der Waals surface area contributed by atoms with Gasteiger partial charge in [0.15, 0.2) is 11.0 Å². The number of aromatic nitrogens is 4. The minimum absolute atomic E-state index is 0.144. The summed E-state index contributed by atoms with van der Waals surface area (Å²) < 4.78 is 3.04.